The number of benzene rings is 3. The topological polar surface area (TPSA) is 64.0 Å². The van der Waals surface area contributed by atoms with Gasteiger partial charge in [0.25, 0.3) is 5.56 Å². The molecule has 1 heterocycles. The molecule has 1 amide bonds. The molecule has 0 fully saturated rings. The van der Waals surface area contributed by atoms with Crippen molar-refractivity contribution in [3.8, 4) is 5.69 Å². The van der Waals surface area contributed by atoms with Crippen molar-refractivity contribution in [1.82, 2.24) is 9.55 Å². The summed E-state index contributed by atoms with van der Waals surface area (Å²) < 4.78 is 14.5. The van der Waals surface area contributed by atoms with Gasteiger partial charge in [-0.25, -0.2) is 9.37 Å². The van der Waals surface area contributed by atoms with Gasteiger partial charge >= 0.3 is 0 Å². The molecule has 4 rings (SSSR count). The third-order valence-corrected chi connectivity index (χ3v) is 4.61. The summed E-state index contributed by atoms with van der Waals surface area (Å²) in [6, 6.07) is 20.0. The highest BCUT2D eigenvalue weighted by molar-refractivity contribution is 5.92. The Balaban J connectivity index is 1.62. The summed E-state index contributed by atoms with van der Waals surface area (Å²) in [6.07, 6.45) is 0.126. The first-order chi connectivity index (χ1) is 14.0. The number of para-hydroxylation sites is 1. The highest BCUT2D eigenvalue weighted by atomic mass is 19.1. The maximum atomic E-state index is 13.0. The van der Waals surface area contributed by atoms with Crippen LogP contribution in [0.2, 0.25) is 0 Å². The van der Waals surface area contributed by atoms with Crippen LogP contribution in [0.4, 0.5) is 10.1 Å². The molecule has 0 unspecified atom stereocenters. The summed E-state index contributed by atoms with van der Waals surface area (Å²) in [5, 5.41) is 3.35. The lowest BCUT2D eigenvalue weighted by Gasteiger charge is -2.12. The first kappa shape index (κ1) is 18.6. The Labute approximate surface area is 166 Å². The highest BCUT2D eigenvalue weighted by Gasteiger charge is 2.11. The molecule has 144 valence electrons. The van der Waals surface area contributed by atoms with Crippen molar-refractivity contribution in [2.24, 2.45) is 0 Å². The van der Waals surface area contributed by atoms with Gasteiger partial charge in [0, 0.05) is 5.69 Å². The van der Waals surface area contributed by atoms with Crippen LogP contribution in [0.15, 0.2) is 77.6 Å². The number of hydrogen-bond acceptors (Lipinski definition) is 3. The number of nitrogens with zero attached hydrogens (tertiary/aromatic N) is 2. The van der Waals surface area contributed by atoms with Gasteiger partial charge in [0.2, 0.25) is 5.91 Å². The number of aryl methyl sites for hydroxylation is 1. The monoisotopic (exact) mass is 387 g/mol. The molecule has 1 aromatic heterocycles. The SMILES string of the molecule is Cc1nc2ccccc2c(=O)n1-c1cccc(NC(=O)Cc2ccc(F)cc2)c1. The molecule has 5 nitrogen and oxygen atoms in total. The van der Waals surface area contributed by atoms with E-state index in [9.17, 15) is 14.0 Å². The number of carbonyl (C=O) groups is 1. The van der Waals surface area contributed by atoms with Crippen LogP contribution in [0, 0.1) is 12.7 Å². The lowest BCUT2D eigenvalue weighted by Crippen LogP contribution is -2.22. The Hall–Kier alpha value is -3.80. The summed E-state index contributed by atoms with van der Waals surface area (Å²) in [7, 11) is 0. The lowest BCUT2D eigenvalue weighted by molar-refractivity contribution is -0.115. The molecular weight excluding hydrogens is 369 g/mol. The zero-order valence-corrected chi connectivity index (χ0v) is 15.7. The van der Waals surface area contributed by atoms with Crippen LogP contribution in [0.25, 0.3) is 16.6 Å². The van der Waals surface area contributed by atoms with E-state index in [4.69, 9.17) is 0 Å². The fourth-order valence-electron chi connectivity index (χ4n) is 3.26. The van der Waals surface area contributed by atoms with Crippen molar-refractivity contribution in [3.63, 3.8) is 0 Å². The average Bonchev–Trinajstić information content (AvgIpc) is 2.70. The molecule has 0 aliphatic rings. The molecule has 0 bridgehead atoms. The van der Waals surface area contributed by atoms with Crippen LogP contribution in [0.5, 0.6) is 0 Å². The van der Waals surface area contributed by atoms with Gasteiger partial charge in [-0.2, -0.15) is 0 Å². The van der Waals surface area contributed by atoms with Crippen molar-refractivity contribution < 1.29 is 9.18 Å². The van der Waals surface area contributed by atoms with E-state index in [1.165, 1.54) is 16.7 Å². The maximum Gasteiger partial charge on any atom is 0.265 e. The molecule has 3 aromatic carbocycles. The highest BCUT2D eigenvalue weighted by Crippen LogP contribution is 2.17. The number of anilines is 1. The number of hydrogen-bond donors (Lipinski definition) is 1. The Morgan fingerprint density at radius 1 is 1.03 bits per heavy atom. The Morgan fingerprint density at radius 3 is 2.59 bits per heavy atom. The van der Waals surface area contributed by atoms with Gasteiger partial charge in [-0.15, -0.1) is 0 Å². The van der Waals surface area contributed by atoms with E-state index < -0.39 is 0 Å². The van der Waals surface area contributed by atoms with E-state index in [1.807, 2.05) is 6.07 Å². The van der Waals surface area contributed by atoms with Gasteiger partial charge in [0.1, 0.15) is 11.6 Å². The van der Waals surface area contributed by atoms with Crippen LogP contribution in [-0.2, 0) is 11.2 Å². The Kier molecular flexibility index (Phi) is 4.91. The number of amides is 1. The predicted octanol–water partition coefficient (Wildman–Crippen LogP) is 4.01. The first-order valence-electron chi connectivity index (χ1n) is 9.14. The van der Waals surface area contributed by atoms with Gasteiger partial charge in [0.05, 0.1) is 23.0 Å². The number of carbonyl (C=O) groups excluding carboxylic acids is 1. The predicted molar refractivity (Wildman–Crippen MR) is 111 cm³/mol. The smallest absolute Gasteiger partial charge is 0.265 e. The second-order valence-corrected chi connectivity index (χ2v) is 6.72. The Bertz CT molecular complexity index is 1260. The van der Waals surface area contributed by atoms with Crippen LogP contribution in [0.1, 0.15) is 11.4 Å². The number of rotatable bonds is 4. The van der Waals surface area contributed by atoms with Crippen molar-refractivity contribution in [2.45, 2.75) is 13.3 Å². The molecule has 0 saturated heterocycles. The first-order valence-corrected chi connectivity index (χ1v) is 9.14. The van der Waals surface area contributed by atoms with E-state index in [-0.39, 0.29) is 23.7 Å². The summed E-state index contributed by atoms with van der Waals surface area (Å²) in [5.74, 6) is -0.00961. The van der Waals surface area contributed by atoms with E-state index in [2.05, 4.69) is 10.3 Å². The molecule has 1 N–H and O–H groups in total. The van der Waals surface area contributed by atoms with Gasteiger partial charge < -0.3 is 5.32 Å². The standard InChI is InChI=1S/C23H18FN3O2/c1-15-25-21-8-3-2-7-20(21)23(29)27(15)19-6-4-5-18(14-19)26-22(28)13-16-9-11-17(24)12-10-16/h2-12,14H,13H2,1H3,(H,26,28). The van der Waals surface area contributed by atoms with Gasteiger partial charge in [-0.1, -0.05) is 30.3 Å². The molecule has 0 aliphatic carbocycles. The molecule has 4 aromatic rings. The zero-order valence-electron chi connectivity index (χ0n) is 15.7. The van der Waals surface area contributed by atoms with Crippen molar-refractivity contribution >= 4 is 22.5 Å². The molecule has 0 radical (unpaired) electrons. The molecule has 0 aliphatic heterocycles. The largest absolute Gasteiger partial charge is 0.326 e. The summed E-state index contributed by atoms with van der Waals surface area (Å²) in [4.78, 5) is 29.8. The summed E-state index contributed by atoms with van der Waals surface area (Å²) in [5.41, 5.74) is 2.38. The fourth-order valence-corrected chi connectivity index (χ4v) is 3.26. The fraction of sp³-hybridized carbons (Fsp3) is 0.0870. The normalized spacial score (nSPS) is 10.8. The summed E-state index contributed by atoms with van der Waals surface area (Å²) in [6.45, 7) is 1.77. The second kappa shape index (κ2) is 7.67. The molecule has 6 heteroatoms. The van der Waals surface area contributed by atoms with Gasteiger partial charge in [0.15, 0.2) is 0 Å². The van der Waals surface area contributed by atoms with E-state index >= 15 is 0 Å². The molecule has 0 spiro atoms. The third kappa shape index (κ3) is 3.91. The van der Waals surface area contributed by atoms with Crippen LogP contribution >= 0.6 is 0 Å². The third-order valence-electron chi connectivity index (χ3n) is 4.61. The molecular formula is C23H18FN3O2. The van der Waals surface area contributed by atoms with Crippen LogP contribution in [0.3, 0.4) is 0 Å². The number of aromatic nitrogens is 2. The number of nitrogens with one attached hydrogen (secondary N) is 1. The molecule has 29 heavy (non-hydrogen) atoms. The minimum Gasteiger partial charge on any atom is -0.326 e. The van der Waals surface area contributed by atoms with Gasteiger partial charge in [-0.05, 0) is 55.0 Å². The minimum atomic E-state index is -0.341. The van der Waals surface area contributed by atoms with E-state index in [0.717, 1.165) is 0 Å². The van der Waals surface area contributed by atoms with Crippen molar-refractivity contribution in [3.05, 3.63) is 100 Å². The van der Waals surface area contributed by atoms with Crippen molar-refractivity contribution in [1.29, 1.82) is 0 Å². The Morgan fingerprint density at radius 2 is 1.79 bits per heavy atom. The van der Waals surface area contributed by atoms with E-state index in [1.54, 1.807) is 61.5 Å². The number of fused-ring (bicyclic) bond motifs is 1. The molecule has 0 saturated carbocycles. The van der Waals surface area contributed by atoms with Crippen LogP contribution in [-0.4, -0.2) is 15.5 Å². The summed E-state index contributed by atoms with van der Waals surface area (Å²) >= 11 is 0. The van der Waals surface area contributed by atoms with E-state index in [0.29, 0.717) is 33.7 Å². The maximum absolute atomic E-state index is 13.0. The number of halogens is 1. The average molecular weight is 387 g/mol. The van der Waals surface area contributed by atoms with Gasteiger partial charge in [-0.3, -0.25) is 14.2 Å². The molecule has 0 atom stereocenters. The lowest BCUT2D eigenvalue weighted by atomic mass is 10.1. The minimum absolute atomic E-state index is 0.126. The van der Waals surface area contributed by atoms with Crippen molar-refractivity contribution in [2.75, 3.05) is 5.32 Å². The quantitative estimate of drug-likeness (QED) is 0.575. The van der Waals surface area contributed by atoms with Crippen LogP contribution < -0.4 is 10.9 Å². The second-order valence-electron chi connectivity index (χ2n) is 6.72. The zero-order chi connectivity index (χ0) is 20.4.